The number of fused-ring (bicyclic) bond motifs is 1. The van der Waals surface area contributed by atoms with Crippen molar-refractivity contribution in [3.8, 4) is 0 Å². The molecule has 1 fully saturated rings. The van der Waals surface area contributed by atoms with E-state index in [0.29, 0.717) is 0 Å². The molecular weight excluding hydrogens is 394 g/mol. The molecule has 1 aliphatic carbocycles. The molecule has 142 valence electrons. The van der Waals surface area contributed by atoms with E-state index in [-0.39, 0.29) is 12.1 Å². The van der Waals surface area contributed by atoms with Crippen LogP contribution >= 0.6 is 15.9 Å². The van der Waals surface area contributed by atoms with Gasteiger partial charge in [-0.05, 0) is 51.2 Å². The molecule has 1 heterocycles. The Kier molecular flexibility index (Phi) is 5.61. The van der Waals surface area contributed by atoms with Crippen LogP contribution in [-0.2, 0) is 17.1 Å². The quantitative estimate of drug-likeness (QED) is 0.649. The first kappa shape index (κ1) is 19.2. The summed E-state index contributed by atoms with van der Waals surface area (Å²) in [7, 11) is 2.02. The Morgan fingerprint density at radius 2 is 2.15 bits per heavy atom. The van der Waals surface area contributed by atoms with Gasteiger partial charge in [-0.1, -0.05) is 40.9 Å². The molecule has 5 nitrogen and oxygen atoms in total. The van der Waals surface area contributed by atoms with Gasteiger partial charge in [0.25, 0.3) is 0 Å². The molecule has 1 amide bonds. The van der Waals surface area contributed by atoms with Crippen LogP contribution in [0.25, 0.3) is 11.0 Å². The van der Waals surface area contributed by atoms with Gasteiger partial charge in [-0.3, -0.25) is 0 Å². The fourth-order valence-corrected chi connectivity index (χ4v) is 3.69. The number of nitrogens with one attached hydrogen (secondary N) is 1. The highest BCUT2D eigenvalue weighted by atomic mass is 79.9. The molecule has 1 aliphatic rings. The smallest absolute Gasteiger partial charge is 0.408 e. The molecule has 2 aromatic rings. The van der Waals surface area contributed by atoms with Gasteiger partial charge >= 0.3 is 6.09 Å². The van der Waals surface area contributed by atoms with E-state index in [1.165, 1.54) is 12.8 Å². The summed E-state index contributed by atoms with van der Waals surface area (Å²) in [4.78, 5) is 17.3. The molecule has 0 bridgehead atoms. The van der Waals surface area contributed by atoms with Crippen molar-refractivity contribution in [1.82, 2.24) is 14.9 Å². The van der Waals surface area contributed by atoms with Crippen molar-refractivity contribution in [1.29, 1.82) is 0 Å². The highest BCUT2D eigenvalue weighted by Gasteiger charge is 2.28. The molecule has 1 saturated carbocycles. The van der Waals surface area contributed by atoms with Crippen LogP contribution < -0.4 is 5.32 Å². The Hall–Kier alpha value is -1.56. The number of alkyl carbamates (subject to hydrolysis) is 1. The molecule has 0 radical (unpaired) electrons. The van der Waals surface area contributed by atoms with Crippen LogP contribution in [0.15, 0.2) is 18.2 Å². The summed E-state index contributed by atoms with van der Waals surface area (Å²) in [6.07, 6.45) is 4.20. The standard InChI is InChI=1S/C20H28BrN3O2/c1-20(2,3)26-19(25)22-15(11-10-13-8-9-13)18-23-17-14(12-21)6-5-7-16(17)24(18)4/h5-7,13,15H,8-12H2,1-4H3,(H,22,25). The van der Waals surface area contributed by atoms with Crippen LogP contribution in [0.1, 0.15) is 63.9 Å². The maximum Gasteiger partial charge on any atom is 0.408 e. The van der Waals surface area contributed by atoms with Crippen LogP contribution in [0.3, 0.4) is 0 Å². The summed E-state index contributed by atoms with van der Waals surface area (Å²) in [6.45, 7) is 5.63. The highest BCUT2D eigenvalue weighted by Crippen LogP contribution is 2.36. The van der Waals surface area contributed by atoms with Gasteiger partial charge in [0, 0.05) is 12.4 Å². The number of aryl methyl sites for hydroxylation is 1. The number of aromatic nitrogens is 2. The zero-order chi connectivity index (χ0) is 18.9. The Labute approximate surface area is 163 Å². The first-order valence-corrected chi connectivity index (χ1v) is 10.4. The number of hydrogen-bond acceptors (Lipinski definition) is 3. The Morgan fingerprint density at radius 1 is 1.42 bits per heavy atom. The minimum atomic E-state index is -0.513. The maximum absolute atomic E-state index is 12.4. The van der Waals surface area contributed by atoms with Gasteiger partial charge in [0.2, 0.25) is 0 Å². The van der Waals surface area contributed by atoms with Crippen molar-refractivity contribution in [3.63, 3.8) is 0 Å². The molecular formula is C20H28BrN3O2. The van der Waals surface area contributed by atoms with Crippen molar-refractivity contribution >= 4 is 33.1 Å². The molecule has 26 heavy (non-hydrogen) atoms. The minimum absolute atomic E-state index is 0.147. The van der Waals surface area contributed by atoms with E-state index in [2.05, 4.69) is 37.9 Å². The number of carbonyl (C=O) groups is 1. The Morgan fingerprint density at radius 3 is 2.77 bits per heavy atom. The van der Waals surface area contributed by atoms with Gasteiger partial charge in [-0.15, -0.1) is 0 Å². The number of nitrogens with zero attached hydrogens (tertiary/aromatic N) is 2. The fourth-order valence-electron chi connectivity index (χ4n) is 3.23. The van der Waals surface area contributed by atoms with E-state index in [1.54, 1.807) is 0 Å². The van der Waals surface area contributed by atoms with E-state index < -0.39 is 5.60 Å². The number of benzene rings is 1. The average Bonchev–Trinajstić information content (AvgIpc) is 3.33. The van der Waals surface area contributed by atoms with Crippen molar-refractivity contribution in [3.05, 3.63) is 29.6 Å². The lowest BCUT2D eigenvalue weighted by atomic mass is 10.1. The number of rotatable bonds is 6. The number of ether oxygens (including phenoxy) is 1. The molecule has 1 unspecified atom stereocenters. The number of amides is 1. The third-order valence-electron chi connectivity index (χ3n) is 4.74. The molecule has 1 atom stereocenters. The average molecular weight is 422 g/mol. The van der Waals surface area contributed by atoms with Gasteiger partial charge in [-0.25, -0.2) is 9.78 Å². The molecule has 1 aromatic carbocycles. The fraction of sp³-hybridized carbons (Fsp3) is 0.600. The number of carbonyl (C=O) groups excluding carboxylic acids is 1. The number of alkyl halides is 1. The second-order valence-corrected chi connectivity index (χ2v) is 8.73. The van der Waals surface area contributed by atoms with Gasteiger partial charge in [0.1, 0.15) is 11.4 Å². The predicted octanol–water partition coefficient (Wildman–Crippen LogP) is 5.22. The molecule has 0 aliphatic heterocycles. The number of para-hydroxylation sites is 1. The summed E-state index contributed by atoms with van der Waals surface area (Å²) in [5.41, 5.74) is 2.71. The SMILES string of the molecule is Cn1c(C(CCC2CC2)NC(=O)OC(C)(C)C)nc2c(CBr)cccc21. The van der Waals surface area contributed by atoms with Crippen molar-refractivity contribution in [2.24, 2.45) is 13.0 Å². The van der Waals surface area contributed by atoms with Crippen LogP contribution in [0.5, 0.6) is 0 Å². The summed E-state index contributed by atoms with van der Waals surface area (Å²) in [5, 5.41) is 3.81. The van der Waals surface area contributed by atoms with Crippen LogP contribution in [0.2, 0.25) is 0 Å². The third kappa shape index (κ3) is 4.58. The lowest BCUT2D eigenvalue weighted by Gasteiger charge is -2.23. The topological polar surface area (TPSA) is 56.2 Å². The zero-order valence-corrected chi connectivity index (χ0v) is 17.6. The first-order valence-electron chi connectivity index (χ1n) is 9.28. The van der Waals surface area contributed by atoms with Gasteiger partial charge < -0.3 is 14.6 Å². The lowest BCUT2D eigenvalue weighted by molar-refractivity contribution is 0.0497. The first-order chi connectivity index (χ1) is 12.3. The third-order valence-corrected chi connectivity index (χ3v) is 5.34. The largest absolute Gasteiger partial charge is 0.444 e. The van der Waals surface area contributed by atoms with E-state index in [0.717, 1.165) is 46.5 Å². The molecule has 0 spiro atoms. The normalized spacial score (nSPS) is 15.9. The molecule has 3 rings (SSSR count). The van der Waals surface area contributed by atoms with Crippen LogP contribution in [-0.4, -0.2) is 21.2 Å². The van der Waals surface area contributed by atoms with Gasteiger partial charge in [-0.2, -0.15) is 0 Å². The Balaban J connectivity index is 1.89. The molecule has 1 aromatic heterocycles. The van der Waals surface area contributed by atoms with E-state index in [1.807, 2.05) is 33.9 Å². The second kappa shape index (κ2) is 7.59. The molecule has 0 saturated heterocycles. The van der Waals surface area contributed by atoms with Crippen molar-refractivity contribution in [2.75, 3.05) is 0 Å². The van der Waals surface area contributed by atoms with Crippen LogP contribution in [0, 0.1) is 5.92 Å². The zero-order valence-electron chi connectivity index (χ0n) is 16.0. The van der Waals surface area contributed by atoms with Crippen molar-refractivity contribution < 1.29 is 9.53 Å². The van der Waals surface area contributed by atoms with E-state index in [9.17, 15) is 4.79 Å². The monoisotopic (exact) mass is 421 g/mol. The summed E-state index contributed by atoms with van der Waals surface area (Å²) in [6, 6.07) is 6.05. The lowest BCUT2D eigenvalue weighted by Crippen LogP contribution is -2.36. The highest BCUT2D eigenvalue weighted by molar-refractivity contribution is 9.08. The number of hydrogen-bond donors (Lipinski definition) is 1. The molecule has 1 N–H and O–H groups in total. The van der Waals surface area contributed by atoms with E-state index in [4.69, 9.17) is 9.72 Å². The predicted molar refractivity (Wildman–Crippen MR) is 107 cm³/mol. The van der Waals surface area contributed by atoms with Gasteiger partial charge in [0.05, 0.1) is 17.1 Å². The summed E-state index contributed by atoms with van der Waals surface area (Å²) >= 11 is 3.54. The number of imidazole rings is 1. The summed E-state index contributed by atoms with van der Waals surface area (Å²) in [5.74, 6) is 1.69. The maximum atomic E-state index is 12.4. The Bertz CT molecular complexity index is 790. The van der Waals surface area contributed by atoms with Crippen LogP contribution in [0.4, 0.5) is 4.79 Å². The minimum Gasteiger partial charge on any atom is -0.444 e. The van der Waals surface area contributed by atoms with Gasteiger partial charge in [0.15, 0.2) is 0 Å². The second-order valence-electron chi connectivity index (χ2n) is 8.17. The summed E-state index contributed by atoms with van der Waals surface area (Å²) < 4.78 is 7.57. The molecule has 6 heteroatoms. The van der Waals surface area contributed by atoms with Crippen molar-refractivity contribution in [2.45, 2.75) is 63.4 Å². The number of halogens is 1. The van der Waals surface area contributed by atoms with E-state index >= 15 is 0 Å².